The molecule has 0 spiro atoms. The topological polar surface area (TPSA) is 93.7 Å². The first-order valence-electron chi connectivity index (χ1n) is 8.04. The third-order valence-electron chi connectivity index (χ3n) is 3.28. The first kappa shape index (κ1) is 19.0. The minimum atomic E-state index is -0.878. The first-order chi connectivity index (χ1) is 12.5. The normalized spacial score (nSPS) is 11.1. The monoisotopic (exact) mass is 356 g/mol. The molecule has 0 aliphatic heterocycles. The van der Waals surface area contributed by atoms with Gasteiger partial charge < -0.3 is 14.8 Å². The summed E-state index contributed by atoms with van der Waals surface area (Å²) < 4.78 is 10.2. The molecule has 0 aromatic heterocycles. The van der Waals surface area contributed by atoms with Gasteiger partial charge in [0.15, 0.2) is 12.7 Å². The molecule has 0 radical (unpaired) electrons. The Balaban J connectivity index is 1.67. The predicted octanol–water partition coefficient (Wildman–Crippen LogP) is 2.02. The van der Waals surface area contributed by atoms with Gasteiger partial charge in [-0.05, 0) is 24.6 Å². The maximum Gasteiger partial charge on any atom is 0.347 e. The van der Waals surface area contributed by atoms with Crippen LogP contribution in [0.4, 0.5) is 4.79 Å². The highest BCUT2D eigenvalue weighted by Gasteiger charge is 2.18. The number of esters is 1. The number of imide groups is 1. The lowest BCUT2D eigenvalue weighted by atomic mass is 10.2. The Morgan fingerprint density at radius 3 is 2.23 bits per heavy atom. The molecule has 0 fully saturated rings. The summed E-state index contributed by atoms with van der Waals surface area (Å²) in [6, 6.07) is 17.4. The van der Waals surface area contributed by atoms with Crippen LogP contribution < -0.4 is 15.4 Å². The predicted molar refractivity (Wildman–Crippen MR) is 94.3 cm³/mol. The molecular formula is C19H20N2O5. The third-order valence-corrected chi connectivity index (χ3v) is 3.28. The van der Waals surface area contributed by atoms with E-state index in [0.29, 0.717) is 5.75 Å². The van der Waals surface area contributed by atoms with E-state index >= 15 is 0 Å². The van der Waals surface area contributed by atoms with Crippen molar-refractivity contribution in [2.45, 2.75) is 19.6 Å². The van der Waals surface area contributed by atoms with Gasteiger partial charge in [-0.15, -0.1) is 0 Å². The van der Waals surface area contributed by atoms with E-state index in [1.807, 2.05) is 36.4 Å². The number of carbonyl (C=O) groups is 3. The highest BCUT2D eigenvalue weighted by atomic mass is 16.6. The molecule has 3 amide bonds. The molecule has 0 saturated heterocycles. The van der Waals surface area contributed by atoms with E-state index in [2.05, 4.69) is 10.6 Å². The van der Waals surface area contributed by atoms with E-state index in [-0.39, 0.29) is 6.54 Å². The van der Waals surface area contributed by atoms with E-state index in [9.17, 15) is 14.4 Å². The minimum Gasteiger partial charge on any atom is -0.479 e. The number of rotatable bonds is 7. The number of benzene rings is 2. The fraction of sp³-hybridized carbons (Fsp3) is 0.211. The Bertz CT molecular complexity index is 734. The number of nitrogens with one attached hydrogen (secondary N) is 2. The summed E-state index contributed by atoms with van der Waals surface area (Å²) in [4.78, 5) is 35.1. The molecule has 2 rings (SSSR count). The van der Waals surface area contributed by atoms with Crippen LogP contribution in [0.2, 0.25) is 0 Å². The molecule has 2 aromatic carbocycles. The molecule has 0 aliphatic carbocycles. The zero-order valence-corrected chi connectivity index (χ0v) is 14.3. The maximum absolute atomic E-state index is 11.8. The van der Waals surface area contributed by atoms with Gasteiger partial charge >= 0.3 is 12.0 Å². The fourth-order valence-corrected chi connectivity index (χ4v) is 1.99. The summed E-state index contributed by atoms with van der Waals surface area (Å²) in [6.45, 7) is 1.22. The molecular weight excluding hydrogens is 336 g/mol. The molecule has 7 heteroatoms. The van der Waals surface area contributed by atoms with Gasteiger partial charge in [0, 0.05) is 6.54 Å². The van der Waals surface area contributed by atoms with Gasteiger partial charge in [-0.2, -0.15) is 0 Å². The first-order valence-corrected chi connectivity index (χ1v) is 8.04. The lowest BCUT2D eigenvalue weighted by Crippen LogP contribution is -2.41. The lowest BCUT2D eigenvalue weighted by molar-refractivity contribution is -0.154. The van der Waals surface area contributed by atoms with Crippen molar-refractivity contribution in [3.05, 3.63) is 66.2 Å². The molecule has 7 nitrogen and oxygen atoms in total. The second kappa shape index (κ2) is 9.83. The number of ether oxygens (including phenoxy) is 2. The number of hydrogen-bond acceptors (Lipinski definition) is 5. The van der Waals surface area contributed by atoms with Crippen molar-refractivity contribution in [1.29, 1.82) is 0 Å². The van der Waals surface area contributed by atoms with Crippen molar-refractivity contribution >= 4 is 17.9 Å². The van der Waals surface area contributed by atoms with Crippen LogP contribution in [0.15, 0.2) is 60.7 Å². The van der Waals surface area contributed by atoms with Gasteiger partial charge in [0.05, 0.1) is 0 Å². The van der Waals surface area contributed by atoms with Crippen LogP contribution in [0.5, 0.6) is 5.75 Å². The number of carbonyl (C=O) groups excluding carboxylic acids is 3. The highest BCUT2D eigenvalue weighted by molar-refractivity contribution is 5.95. The molecule has 136 valence electrons. The van der Waals surface area contributed by atoms with E-state index in [4.69, 9.17) is 9.47 Å². The fourth-order valence-electron chi connectivity index (χ4n) is 1.99. The standard InChI is InChI=1S/C19H20N2O5/c1-14(26-16-10-6-3-7-11-16)18(23)25-13-17(22)21-19(24)20-12-15-8-4-2-5-9-15/h2-11,14H,12-13H2,1H3,(H2,20,21,22,24)/t14-/m1/s1. The Morgan fingerprint density at radius 1 is 0.962 bits per heavy atom. The molecule has 0 aliphatic rings. The van der Waals surface area contributed by atoms with E-state index in [1.54, 1.807) is 24.3 Å². The Hall–Kier alpha value is -3.35. The molecule has 0 bridgehead atoms. The van der Waals surface area contributed by atoms with Gasteiger partial charge in [0.25, 0.3) is 5.91 Å². The smallest absolute Gasteiger partial charge is 0.347 e. The average Bonchev–Trinajstić information content (AvgIpc) is 2.66. The number of hydrogen-bond donors (Lipinski definition) is 2. The lowest BCUT2D eigenvalue weighted by Gasteiger charge is -2.13. The zero-order chi connectivity index (χ0) is 18.8. The molecule has 26 heavy (non-hydrogen) atoms. The second-order valence-electron chi connectivity index (χ2n) is 5.40. The van der Waals surface area contributed by atoms with Gasteiger partial charge in [0.1, 0.15) is 5.75 Å². The average molecular weight is 356 g/mol. The zero-order valence-electron chi connectivity index (χ0n) is 14.3. The van der Waals surface area contributed by atoms with Crippen LogP contribution in [0.3, 0.4) is 0 Å². The summed E-state index contributed by atoms with van der Waals surface area (Å²) in [7, 11) is 0. The van der Waals surface area contributed by atoms with Crippen LogP contribution in [-0.2, 0) is 20.9 Å². The van der Waals surface area contributed by atoms with Gasteiger partial charge in [-0.1, -0.05) is 48.5 Å². The van der Waals surface area contributed by atoms with Crippen molar-refractivity contribution in [3.8, 4) is 5.75 Å². The van der Waals surface area contributed by atoms with E-state index < -0.39 is 30.6 Å². The number of urea groups is 1. The SMILES string of the molecule is C[C@@H](Oc1ccccc1)C(=O)OCC(=O)NC(=O)NCc1ccccc1. The molecule has 0 saturated carbocycles. The summed E-state index contributed by atoms with van der Waals surface area (Å²) in [6.07, 6.45) is -0.878. The summed E-state index contributed by atoms with van der Waals surface area (Å²) in [5, 5.41) is 4.62. The molecule has 2 N–H and O–H groups in total. The van der Waals surface area contributed by atoms with Crippen molar-refractivity contribution < 1.29 is 23.9 Å². The highest BCUT2D eigenvalue weighted by Crippen LogP contribution is 2.11. The second-order valence-corrected chi connectivity index (χ2v) is 5.40. The Labute approximate surface area is 151 Å². The van der Waals surface area contributed by atoms with Crippen molar-refractivity contribution in [3.63, 3.8) is 0 Å². The van der Waals surface area contributed by atoms with Crippen LogP contribution in [0, 0.1) is 0 Å². The quantitative estimate of drug-likeness (QED) is 0.741. The molecule has 2 aromatic rings. The third kappa shape index (κ3) is 6.64. The van der Waals surface area contributed by atoms with Crippen LogP contribution >= 0.6 is 0 Å². The van der Waals surface area contributed by atoms with Gasteiger partial charge in [-0.3, -0.25) is 10.1 Å². The molecule has 0 heterocycles. The summed E-state index contributed by atoms with van der Waals surface area (Å²) in [5.74, 6) is -0.911. The summed E-state index contributed by atoms with van der Waals surface area (Å²) >= 11 is 0. The number of para-hydroxylation sites is 1. The Morgan fingerprint density at radius 2 is 1.58 bits per heavy atom. The van der Waals surface area contributed by atoms with Crippen molar-refractivity contribution in [1.82, 2.24) is 10.6 Å². The van der Waals surface area contributed by atoms with Gasteiger partial charge in [-0.25, -0.2) is 9.59 Å². The molecule has 1 atom stereocenters. The largest absolute Gasteiger partial charge is 0.479 e. The van der Waals surface area contributed by atoms with E-state index in [0.717, 1.165) is 5.56 Å². The van der Waals surface area contributed by atoms with Gasteiger partial charge in [0.2, 0.25) is 0 Å². The minimum absolute atomic E-state index is 0.279. The maximum atomic E-state index is 11.8. The van der Waals surface area contributed by atoms with E-state index in [1.165, 1.54) is 6.92 Å². The van der Waals surface area contributed by atoms with Crippen LogP contribution in [-0.4, -0.2) is 30.6 Å². The van der Waals surface area contributed by atoms with Crippen LogP contribution in [0.1, 0.15) is 12.5 Å². The summed E-state index contributed by atoms with van der Waals surface area (Å²) in [5.41, 5.74) is 0.897. The number of amides is 3. The van der Waals surface area contributed by atoms with Crippen molar-refractivity contribution in [2.75, 3.05) is 6.61 Å². The molecule has 0 unspecified atom stereocenters. The Kier molecular flexibility index (Phi) is 7.17. The van der Waals surface area contributed by atoms with Crippen molar-refractivity contribution in [2.24, 2.45) is 0 Å². The van der Waals surface area contributed by atoms with Crippen LogP contribution in [0.25, 0.3) is 0 Å².